The predicted octanol–water partition coefficient (Wildman–Crippen LogP) is 2.75. The molecule has 4 heteroatoms. The first-order valence-electron chi connectivity index (χ1n) is 5.69. The Morgan fingerprint density at radius 2 is 2.24 bits per heavy atom. The Labute approximate surface area is 100 Å². The molecule has 0 heterocycles. The molecular weight excluding hydrogens is 216 g/mol. The maximum absolute atomic E-state index is 11.5. The van der Waals surface area contributed by atoms with Crippen LogP contribution in [0.5, 0.6) is 5.75 Å². The standard InChI is InChI=1S/C13H16N2O2/c1-9-2-5-12(16)11(8-9)15-13(17)14-7-6-10-3-4-10/h2,5-8,10,16H,3-4H2,1H3,(H2,14,15,17)/b7-6+. The lowest BCUT2D eigenvalue weighted by Gasteiger charge is -2.07. The van der Waals surface area contributed by atoms with Crippen LogP contribution in [0.3, 0.4) is 0 Å². The van der Waals surface area contributed by atoms with Crippen molar-refractivity contribution < 1.29 is 9.90 Å². The number of phenols is 1. The smallest absolute Gasteiger partial charge is 0.323 e. The molecule has 3 N–H and O–H groups in total. The van der Waals surface area contributed by atoms with E-state index in [1.807, 2.05) is 13.0 Å². The number of anilines is 1. The minimum absolute atomic E-state index is 0.0666. The molecule has 0 unspecified atom stereocenters. The highest BCUT2D eigenvalue weighted by Crippen LogP contribution is 2.29. The van der Waals surface area contributed by atoms with E-state index in [1.165, 1.54) is 12.8 Å². The summed E-state index contributed by atoms with van der Waals surface area (Å²) in [5, 5.41) is 14.7. The van der Waals surface area contributed by atoms with Crippen molar-refractivity contribution in [3.63, 3.8) is 0 Å². The molecule has 2 amide bonds. The topological polar surface area (TPSA) is 61.4 Å². The Morgan fingerprint density at radius 3 is 2.94 bits per heavy atom. The summed E-state index contributed by atoms with van der Waals surface area (Å²) in [7, 11) is 0. The van der Waals surface area contributed by atoms with Gasteiger partial charge in [-0.15, -0.1) is 0 Å². The minimum Gasteiger partial charge on any atom is -0.506 e. The summed E-state index contributed by atoms with van der Waals surface area (Å²) >= 11 is 0. The first-order valence-corrected chi connectivity index (χ1v) is 5.69. The number of phenolic OH excluding ortho intramolecular Hbond substituents is 1. The summed E-state index contributed by atoms with van der Waals surface area (Å²) in [6.07, 6.45) is 6.05. The molecule has 0 atom stereocenters. The number of carbonyl (C=O) groups excluding carboxylic acids is 1. The van der Waals surface area contributed by atoms with Crippen molar-refractivity contribution in [1.82, 2.24) is 5.32 Å². The molecule has 1 aromatic carbocycles. The second-order valence-electron chi connectivity index (χ2n) is 4.32. The molecule has 1 fully saturated rings. The van der Waals surface area contributed by atoms with Crippen LogP contribution >= 0.6 is 0 Å². The van der Waals surface area contributed by atoms with E-state index in [1.54, 1.807) is 24.4 Å². The van der Waals surface area contributed by atoms with Gasteiger partial charge in [0.1, 0.15) is 5.75 Å². The molecule has 90 valence electrons. The minimum atomic E-state index is -0.345. The van der Waals surface area contributed by atoms with Crippen LogP contribution in [0.15, 0.2) is 30.5 Å². The van der Waals surface area contributed by atoms with E-state index in [4.69, 9.17) is 0 Å². The van der Waals surface area contributed by atoms with Gasteiger partial charge in [0.05, 0.1) is 5.69 Å². The van der Waals surface area contributed by atoms with Crippen LogP contribution < -0.4 is 10.6 Å². The Balaban J connectivity index is 1.90. The van der Waals surface area contributed by atoms with Crippen molar-refractivity contribution in [3.05, 3.63) is 36.0 Å². The maximum Gasteiger partial charge on any atom is 0.323 e. The van der Waals surface area contributed by atoms with E-state index < -0.39 is 0 Å². The highest BCUT2D eigenvalue weighted by atomic mass is 16.3. The van der Waals surface area contributed by atoms with Gasteiger partial charge in [-0.25, -0.2) is 4.79 Å². The van der Waals surface area contributed by atoms with E-state index in [2.05, 4.69) is 10.6 Å². The van der Waals surface area contributed by atoms with Crippen molar-refractivity contribution >= 4 is 11.7 Å². The van der Waals surface area contributed by atoms with Crippen molar-refractivity contribution in [1.29, 1.82) is 0 Å². The maximum atomic E-state index is 11.5. The number of aryl methyl sites for hydroxylation is 1. The highest BCUT2D eigenvalue weighted by Gasteiger charge is 2.17. The van der Waals surface area contributed by atoms with Gasteiger partial charge < -0.3 is 15.7 Å². The normalized spacial score (nSPS) is 14.9. The number of nitrogens with one attached hydrogen (secondary N) is 2. The molecule has 1 aromatic rings. The number of allylic oxidation sites excluding steroid dienone is 1. The Bertz CT molecular complexity index is 451. The number of amides is 2. The molecule has 2 rings (SSSR count). The van der Waals surface area contributed by atoms with Crippen molar-refractivity contribution in [2.45, 2.75) is 19.8 Å². The monoisotopic (exact) mass is 232 g/mol. The van der Waals surface area contributed by atoms with Crippen LogP contribution in [0.2, 0.25) is 0 Å². The number of benzene rings is 1. The highest BCUT2D eigenvalue weighted by molar-refractivity contribution is 5.91. The van der Waals surface area contributed by atoms with Gasteiger partial charge in [0.15, 0.2) is 0 Å². The van der Waals surface area contributed by atoms with Crippen LogP contribution in [0.25, 0.3) is 0 Å². The van der Waals surface area contributed by atoms with Gasteiger partial charge in [0, 0.05) is 6.20 Å². The number of urea groups is 1. The largest absolute Gasteiger partial charge is 0.506 e. The lowest BCUT2D eigenvalue weighted by atomic mass is 10.2. The lowest BCUT2D eigenvalue weighted by molar-refractivity contribution is 0.255. The van der Waals surface area contributed by atoms with Gasteiger partial charge >= 0.3 is 6.03 Å². The van der Waals surface area contributed by atoms with Gasteiger partial charge in [0.25, 0.3) is 0 Å². The fourth-order valence-corrected chi connectivity index (χ4v) is 1.46. The van der Waals surface area contributed by atoms with E-state index in [0.717, 1.165) is 5.56 Å². The summed E-state index contributed by atoms with van der Waals surface area (Å²) in [6.45, 7) is 1.90. The van der Waals surface area contributed by atoms with Gasteiger partial charge in [-0.3, -0.25) is 0 Å². The molecule has 17 heavy (non-hydrogen) atoms. The third kappa shape index (κ3) is 3.52. The molecular formula is C13H16N2O2. The molecule has 1 aliphatic rings. The number of aromatic hydroxyl groups is 1. The Morgan fingerprint density at radius 1 is 1.47 bits per heavy atom. The van der Waals surface area contributed by atoms with Crippen LogP contribution in [-0.4, -0.2) is 11.1 Å². The average Bonchev–Trinajstić information content (AvgIpc) is 3.07. The van der Waals surface area contributed by atoms with Crippen LogP contribution in [0, 0.1) is 12.8 Å². The number of hydrogen-bond acceptors (Lipinski definition) is 2. The Hall–Kier alpha value is -1.97. The number of rotatable bonds is 3. The zero-order valence-corrected chi connectivity index (χ0v) is 9.73. The SMILES string of the molecule is Cc1ccc(O)c(NC(=O)N/C=C/C2CC2)c1. The Kier molecular flexibility index (Phi) is 3.32. The number of carbonyl (C=O) groups is 1. The van der Waals surface area contributed by atoms with Crippen LogP contribution in [0.1, 0.15) is 18.4 Å². The van der Waals surface area contributed by atoms with E-state index in [9.17, 15) is 9.90 Å². The van der Waals surface area contributed by atoms with Crippen molar-refractivity contribution in [2.24, 2.45) is 5.92 Å². The van der Waals surface area contributed by atoms with E-state index >= 15 is 0 Å². The molecule has 1 aliphatic carbocycles. The first kappa shape index (κ1) is 11.5. The first-order chi connectivity index (χ1) is 8.15. The quantitative estimate of drug-likeness (QED) is 0.702. The molecule has 1 saturated carbocycles. The number of hydrogen-bond donors (Lipinski definition) is 3. The third-order valence-corrected chi connectivity index (χ3v) is 2.61. The molecule has 0 saturated heterocycles. The molecule has 0 radical (unpaired) electrons. The average molecular weight is 232 g/mol. The summed E-state index contributed by atoms with van der Waals surface area (Å²) in [6, 6.07) is 4.72. The fraction of sp³-hybridized carbons (Fsp3) is 0.308. The molecule has 0 spiro atoms. The fourth-order valence-electron chi connectivity index (χ4n) is 1.46. The van der Waals surface area contributed by atoms with E-state index in [-0.39, 0.29) is 11.8 Å². The summed E-state index contributed by atoms with van der Waals surface area (Å²) in [4.78, 5) is 11.5. The molecule has 0 aromatic heterocycles. The third-order valence-electron chi connectivity index (χ3n) is 2.61. The van der Waals surface area contributed by atoms with Gasteiger partial charge in [-0.05, 0) is 43.4 Å². The molecule has 0 bridgehead atoms. The van der Waals surface area contributed by atoms with E-state index in [0.29, 0.717) is 11.6 Å². The second kappa shape index (κ2) is 4.91. The van der Waals surface area contributed by atoms with Crippen molar-refractivity contribution in [3.8, 4) is 5.75 Å². The summed E-state index contributed by atoms with van der Waals surface area (Å²) in [5.41, 5.74) is 1.40. The van der Waals surface area contributed by atoms with Crippen LogP contribution in [0.4, 0.5) is 10.5 Å². The zero-order chi connectivity index (χ0) is 12.3. The molecule has 0 aliphatic heterocycles. The van der Waals surface area contributed by atoms with Gasteiger partial charge in [0.2, 0.25) is 0 Å². The zero-order valence-electron chi connectivity index (χ0n) is 9.73. The summed E-state index contributed by atoms with van der Waals surface area (Å²) < 4.78 is 0. The van der Waals surface area contributed by atoms with Gasteiger partial charge in [-0.1, -0.05) is 12.1 Å². The van der Waals surface area contributed by atoms with Crippen molar-refractivity contribution in [2.75, 3.05) is 5.32 Å². The second-order valence-corrected chi connectivity index (χ2v) is 4.32. The lowest BCUT2D eigenvalue weighted by Crippen LogP contribution is -2.23. The predicted molar refractivity (Wildman–Crippen MR) is 66.9 cm³/mol. The summed E-state index contributed by atoms with van der Waals surface area (Å²) in [5.74, 6) is 0.694. The van der Waals surface area contributed by atoms with Gasteiger partial charge in [-0.2, -0.15) is 0 Å². The molecule has 4 nitrogen and oxygen atoms in total. The van der Waals surface area contributed by atoms with Crippen LogP contribution in [-0.2, 0) is 0 Å².